The molecule has 7 nitrogen and oxygen atoms in total. The number of thiophene rings is 1. The average Bonchev–Trinajstić information content (AvgIpc) is 3.52. The number of aryl methyl sites for hydroxylation is 1. The van der Waals surface area contributed by atoms with E-state index in [0.717, 1.165) is 22.9 Å². The Hall–Kier alpha value is -2.56. The van der Waals surface area contributed by atoms with Gasteiger partial charge in [-0.15, -0.1) is 11.3 Å². The zero-order valence-corrected chi connectivity index (χ0v) is 21.4. The van der Waals surface area contributed by atoms with Crippen LogP contribution in [0.2, 0.25) is 0 Å². The fourth-order valence-corrected chi connectivity index (χ4v) is 4.97. The van der Waals surface area contributed by atoms with E-state index in [-0.39, 0.29) is 59.7 Å². The van der Waals surface area contributed by atoms with Crippen molar-refractivity contribution in [1.29, 1.82) is 0 Å². The van der Waals surface area contributed by atoms with Gasteiger partial charge in [0.2, 0.25) is 6.79 Å². The molecule has 160 valence electrons. The largest absolute Gasteiger partial charge is 1.00 e. The van der Waals surface area contributed by atoms with E-state index in [0.29, 0.717) is 33.0 Å². The van der Waals surface area contributed by atoms with Crippen LogP contribution in [0.1, 0.15) is 26.4 Å². The van der Waals surface area contributed by atoms with Crippen molar-refractivity contribution in [2.24, 2.45) is 0 Å². The van der Waals surface area contributed by atoms with Gasteiger partial charge >= 0.3 is 29.6 Å². The molecule has 33 heavy (non-hydrogen) atoms. The third-order valence-corrected chi connectivity index (χ3v) is 6.70. The SMILES string of the molecule is Cc1csc(C(=O)C(Cc2ccc3c(c2)OCO3)=C(C(=O)[O-])c2ccc3nsnc3c2)c1.[Na+]. The van der Waals surface area contributed by atoms with Gasteiger partial charge in [-0.3, -0.25) is 4.79 Å². The number of aliphatic carboxylic acids is 1. The van der Waals surface area contributed by atoms with Crippen molar-refractivity contribution in [3.63, 3.8) is 0 Å². The van der Waals surface area contributed by atoms with Gasteiger partial charge in [-0.05, 0) is 59.3 Å². The van der Waals surface area contributed by atoms with E-state index < -0.39 is 5.97 Å². The molecule has 0 saturated heterocycles. The van der Waals surface area contributed by atoms with Crippen molar-refractivity contribution in [1.82, 2.24) is 8.75 Å². The number of hydrogen-bond acceptors (Lipinski definition) is 9. The number of ketones is 1. The van der Waals surface area contributed by atoms with Gasteiger partial charge in [-0.25, -0.2) is 0 Å². The maximum atomic E-state index is 13.5. The van der Waals surface area contributed by atoms with E-state index in [2.05, 4.69) is 8.75 Å². The topological polar surface area (TPSA) is 101 Å². The minimum absolute atomic E-state index is 0. The number of nitrogens with zero attached hydrogens (tertiary/aromatic N) is 2. The standard InChI is InChI=1S/C23H16N2O5S2.Na/c1-12-6-20(31-10-12)22(26)15(7-13-2-5-18-19(8-13)30-11-29-18)21(23(27)28)14-3-4-16-17(9-14)25-32-24-16;/h2-6,8-10H,7,11H2,1H3,(H,27,28);/q;+1/p-1. The Morgan fingerprint density at radius 3 is 2.58 bits per heavy atom. The Morgan fingerprint density at radius 1 is 1.03 bits per heavy atom. The molecule has 0 atom stereocenters. The first-order valence-electron chi connectivity index (χ1n) is 9.65. The third kappa shape index (κ3) is 4.73. The molecule has 0 unspecified atom stereocenters. The molecule has 0 saturated carbocycles. The third-order valence-electron chi connectivity index (χ3n) is 5.09. The molecule has 0 N–H and O–H groups in total. The normalized spacial score (nSPS) is 12.9. The van der Waals surface area contributed by atoms with Crippen molar-refractivity contribution in [3.8, 4) is 11.5 Å². The number of allylic oxidation sites excluding steroid dienone is 1. The van der Waals surface area contributed by atoms with Crippen molar-refractivity contribution >= 4 is 51.4 Å². The van der Waals surface area contributed by atoms with Gasteiger partial charge in [0.05, 0.1) is 22.6 Å². The number of benzene rings is 2. The second-order valence-electron chi connectivity index (χ2n) is 7.29. The Balaban J connectivity index is 0.00000259. The molecule has 3 heterocycles. The number of carboxylic acid groups (broad SMARTS) is 1. The Morgan fingerprint density at radius 2 is 1.82 bits per heavy atom. The second-order valence-corrected chi connectivity index (χ2v) is 8.73. The van der Waals surface area contributed by atoms with Gasteiger partial charge in [0, 0.05) is 17.6 Å². The van der Waals surface area contributed by atoms with Crippen LogP contribution in [0, 0.1) is 6.92 Å². The van der Waals surface area contributed by atoms with Crippen LogP contribution in [0.5, 0.6) is 11.5 Å². The van der Waals surface area contributed by atoms with E-state index >= 15 is 0 Å². The fourth-order valence-electron chi connectivity index (χ4n) is 3.59. The maximum Gasteiger partial charge on any atom is 1.00 e. The summed E-state index contributed by atoms with van der Waals surface area (Å²) in [5.41, 5.74) is 3.21. The van der Waals surface area contributed by atoms with E-state index in [1.165, 1.54) is 11.3 Å². The van der Waals surface area contributed by atoms with Crippen LogP contribution in [-0.2, 0) is 11.2 Å². The summed E-state index contributed by atoms with van der Waals surface area (Å²) in [6.45, 7) is 2.01. The monoisotopic (exact) mass is 486 g/mol. The quantitative estimate of drug-likeness (QED) is 0.221. The van der Waals surface area contributed by atoms with Gasteiger partial charge in [-0.1, -0.05) is 12.1 Å². The number of aromatic nitrogens is 2. The molecular weight excluding hydrogens is 471 g/mol. The molecule has 2 aromatic carbocycles. The van der Waals surface area contributed by atoms with Crippen molar-refractivity contribution in [3.05, 3.63) is 75.0 Å². The maximum absolute atomic E-state index is 13.5. The van der Waals surface area contributed by atoms with Crippen LogP contribution in [0.25, 0.3) is 16.6 Å². The smallest absolute Gasteiger partial charge is 0.545 e. The number of carboxylic acids is 1. The molecule has 2 aromatic heterocycles. The molecule has 1 aliphatic rings. The number of Topliss-reactive ketones (excluding diaryl/α,β-unsaturated/α-hetero) is 1. The summed E-state index contributed by atoms with van der Waals surface area (Å²) in [7, 11) is 0. The number of carbonyl (C=O) groups is 2. The van der Waals surface area contributed by atoms with Crippen LogP contribution < -0.4 is 44.1 Å². The Labute approximate surface area is 219 Å². The molecule has 0 spiro atoms. The van der Waals surface area contributed by atoms with Crippen molar-refractivity contribution in [2.45, 2.75) is 13.3 Å². The predicted octanol–water partition coefficient (Wildman–Crippen LogP) is 0.423. The average molecular weight is 487 g/mol. The molecule has 1 aliphatic heterocycles. The van der Waals surface area contributed by atoms with Crippen LogP contribution in [-0.4, -0.2) is 27.3 Å². The second kappa shape index (κ2) is 9.74. The summed E-state index contributed by atoms with van der Waals surface area (Å²) >= 11 is 2.32. The number of fused-ring (bicyclic) bond motifs is 2. The Bertz CT molecular complexity index is 1410. The first-order chi connectivity index (χ1) is 15.5. The fraction of sp³-hybridized carbons (Fsp3) is 0.130. The summed E-state index contributed by atoms with van der Waals surface area (Å²) in [5, 5.41) is 14.2. The van der Waals surface area contributed by atoms with E-state index in [1.807, 2.05) is 12.3 Å². The minimum atomic E-state index is -1.43. The number of rotatable bonds is 6. The van der Waals surface area contributed by atoms with Crippen LogP contribution in [0.4, 0.5) is 0 Å². The van der Waals surface area contributed by atoms with E-state index in [9.17, 15) is 14.7 Å². The van der Waals surface area contributed by atoms with Gasteiger partial charge in [0.1, 0.15) is 11.0 Å². The summed E-state index contributed by atoms with van der Waals surface area (Å²) in [5.74, 6) is -0.603. The summed E-state index contributed by atoms with van der Waals surface area (Å²) in [6, 6.07) is 12.0. The number of hydrogen-bond donors (Lipinski definition) is 0. The van der Waals surface area contributed by atoms with Crippen molar-refractivity contribution in [2.75, 3.05) is 6.79 Å². The number of ether oxygens (including phenoxy) is 2. The minimum Gasteiger partial charge on any atom is -0.545 e. The van der Waals surface area contributed by atoms with E-state index in [1.54, 1.807) is 42.5 Å². The molecule has 4 aromatic rings. The summed E-state index contributed by atoms with van der Waals surface area (Å²) in [4.78, 5) is 26.3. The van der Waals surface area contributed by atoms with Gasteiger partial charge < -0.3 is 19.4 Å². The summed E-state index contributed by atoms with van der Waals surface area (Å²) in [6.07, 6.45) is 0.0864. The molecule has 5 rings (SSSR count). The zero-order chi connectivity index (χ0) is 22.2. The first-order valence-corrected chi connectivity index (χ1v) is 11.3. The molecule has 0 aliphatic carbocycles. The van der Waals surface area contributed by atoms with Crippen LogP contribution >= 0.6 is 23.1 Å². The van der Waals surface area contributed by atoms with Gasteiger partial charge in [0.15, 0.2) is 17.3 Å². The van der Waals surface area contributed by atoms with Crippen LogP contribution in [0.3, 0.4) is 0 Å². The van der Waals surface area contributed by atoms with E-state index in [4.69, 9.17) is 9.47 Å². The van der Waals surface area contributed by atoms with Gasteiger partial charge in [-0.2, -0.15) is 8.75 Å². The predicted molar refractivity (Wildman–Crippen MR) is 119 cm³/mol. The van der Waals surface area contributed by atoms with Gasteiger partial charge in [0.25, 0.3) is 0 Å². The number of carbonyl (C=O) groups excluding carboxylic acids is 2. The molecule has 0 radical (unpaired) electrons. The van der Waals surface area contributed by atoms with Crippen molar-refractivity contribution < 1.29 is 53.7 Å². The molecule has 0 amide bonds. The molecule has 10 heteroatoms. The molecule has 0 fully saturated rings. The Kier molecular flexibility index (Phi) is 6.96. The van der Waals surface area contributed by atoms with Crippen LogP contribution in [0.15, 0.2) is 53.4 Å². The molecule has 0 bridgehead atoms. The molecular formula is C23H15N2NaO5S2. The zero-order valence-electron chi connectivity index (χ0n) is 17.8. The first kappa shape index (κ1) is 23.6. The summed E-state index contributed by atoms with van der Waals surface area (Å²) < 4.78 is 19.1.